The molecular weight excluding hydrogens is 336 g/mol. The van der Waals surface area contributed by atoms with E-state index in [2.05, 4.69) is 26.5 Å². The molecule has 1 amide bonds. The van der Waals surface area contributed by atoms with Crippen LogP contribution < -0.4 is 5.43 Å². The van der Waals surface area contributed by atoms with Crippen molar-refractivity contribution in [1.82, 2.24) is 5.43 Å². The van der Waals surface area contributed by atoms with Crippen LogP contribution in [0.2, 0.25) is 0 Å². The van der Waals surface area contributed by atoms with E-state index < -0.39 is 5.97 Å². The Bertz CT molecular complexity index is 714. The highest BCUT2D eigenvalue weighted by atomic mass is 79.9. The quantitative estimate of drug-likeness (QED) is 0.659. The summed E-state index contributed by atoms with van der Waals surface area (Å²) in [7, 11) is 0. The van der Waals surface area contributed by atoms with E-state index in [4.69, 9.17) is 5.11 Å². The van der Waals surface area contributed by atoms with Gasteiger partial charge in [-0.3, -0.25) is 4.79 Å². The summed E-state index contributed by atoms with van der Waals surface area (Å²) in [4.78, 5) is 22.9. The third kappa shape index (κ3) is 3.76. The summed E-state index contributed by atoms with van der Waals surface area (Å²) >= 11 is 3.27. The van der Waals surface area contributed by atoms with Crippen molar-refractivity contribution in [2.75, 3.05) is 0 Å². The Morgan fingerprint density at radius 1 is 1.05 bits per heavy atom. The number of rotatable bonds is 4. The Morgan fingerprint density at radius 2 is 1.67 bits per heavy atom. The minimum Gasteiger partial charge on any atom is -0.478 e. The second-order valence-corrected chi connectivity index (χ2v) is 4.93. The van der Waals surface area contributed by atoms with E-state index >= 15 is 0 Å². The zero-order valence-electron chi connectivity index (χ0n) is 10.8. The first-order chi connectivity index (χ1) is 10.1. The van der Waals surface area contributed by atoms with Gasteiger partial charge in [0.05, 0.1) is 17.3 Å². The van der Waals surface area contributed by atoms with E-state index in [0.717, 1.165) is 0 Å². The number of hydrogen-bond acceptors (Lipinski definition) is 3. The predicted octanol–water partition coefficient (Wildman–Crippen LogP) is 2.91. The molecule has 2 rings (SSSR count). The van der Waals surface area contributed by atoms with Gasteiger partial charge < -0.3 is 5.11 Å². The molecule has 2 aromatic carbocycles. The lowest BCUT2D eigenvalue weighted by molar-refractivity contribution is 0.0696. The first-order valence-corrected chi connectivity index (χ1v) is 6.79. The summed E-state index contributed by atoms with van der Waals surface area (Å²) in [6.45, 7) is 0. The van der Waals surface area contributed by atoms with E-state index in [1.807, 2.05) is 0 Å². The zero-order chi connectivity index (χ0) is 15.2. The number of nitrogens with zero attached hydrogens (tertiary/aromatic N) is 1. The van der Waals surface area contributed by atoms with Crippen LogP contribution in [0.4, 0.5) is 0 Å². The standard InChI is InChI=1S/C15H11BrN2O3/c16-13-8-4-3-7-12(13)14(19)18-17-9-10-5-1-2-6-11(10)15(20)21/h1-9H,(H,18,19)(H,20,21)/b17-9+. The highest BCUT2D eigenvalue weighted by Crippen LogP contribution is 2.15. The van der Waals surface area contributed by atoms with Crippen molar-refractivity contribution in [2.24, 2.45) is 5.10 Å². The van der Waals surface area contributed by atoms with E-state index in [0.29, 0.717) is 15.6 Å². The molecule has 5 nitrogen and oxygen atoms in total. The third-order valence-electron chi connectivity index (χ3n) is 2.68. The summed E-state index contributed by atoms with van der Waals surface area (Å²) < 4.78 is 0.656. The third-order valence-corrected chi connectivity index (χ3v) is 3.37. The molecule has 106 valence electrons. The number of benzene rings is 2. The first-order valence-electron chi connectivity index (χ1n) is 6.00. The molecule has 0 fully saturated rings. The van der Waals surface area contributed by atoms with Gasteiger partial charge in [0, 0.05) is 10.0 Å². The molecule has 0 spiro atoms. The molecule has 0 unspecified atom stereocenters. The Morgan fingerprint density at radius 3 is 2.33 bits per heavy atom. The Kier molecular flexibility index (Phi) is 4.84. The molecule has 2 N–H and O–H groups in total. The van der Waals surface area contributed by atoms with Crippen LogP contribution in [0, 0.1) is 0 Å². The second kappa shape index (κ2) is 6.81. The maximum atomic E-state index is 11.9. The van der Waals surface area contributed by atoms with Crippen molar-refractivity contribution in [3.63, 3.8) is 0 Å². The minimum absolute atomic E-state index is 0.122. The molecule has 0 saturated heterocycles. The molecule has 0 aliphatic heterocycles. The molecule has 0 bridgehead atoms. The van der Waals surface area contributed by atoms with Gasteiger partial charge in [-0.15, -0.1) is 0 Å². The van der Waals surface area contributed by atoms with Crippen LogP contribution in [-0.2, 0) is 0 Å². The lowest BCUT2D eigenvalue weighted by atomic mass is 10.1. The van der Waals surface area contributed by atoms with Crippen LogP contribution in [0.1, 0.15) is 26.3 Å². The molecule has 0 aliphatic carbocycles. The van der Waals surface area contributed by atoms with Crippen LogP contribution in [0.15, 0.2) is 58.1 Å². The lowest BCUT2D eigenvalue weighted by Crippen LogP contribution is -2.18. The first kappa shape index (κ1) is 14.9. The Labute approximate surface area is 129 Å². The number of halogens is 1. The SMILES string of the molecule is O=C(N/N=C/c1ccccc1C(=O)O)c1ccccc1Br. The fourth-order valence-corrected chi connectivity index (χ4v) is 2.14. The van der Waals surface area contributed by atoms with Crippen LogP contribution in [0.5, 0.6) is 0 Å². The molecule has 0 aliphatic rings. The topological polar surface area (TPSA) is 78.8 Å². The molecule has 0 aromatic heterocycles. The average Bonchev–Trinajstić information content (AvgIpc) is 2.48. The molecule has 2 aromatic rings. The molecule has 21 heavy (non-hydrogen) atoms. The summed E-state index contributed by atoms with van der Waals surface area (Å²) in [6.07, 6.45) is 1.30. The smallest absolute Gasteiger partial charge is 0.336 e. The van der Waals surface area contributed by atoms with Crippen LogP contribution >= 0.6 is 15.9 Å². The second-order valence-electron chi connectivity index (χ2n) is 4.07. The number of hydrogen-bond donors (Lipinski definition) is 2. The molecular formula is C15H11BrN2O3. The number of carbonyl (C=O) groups is 2. The van der Waals surface area contributed by atoms with Crippen molar-refractivity contribution in [1.29, 1.82) is 0 Å². The van der Waals surface area contributed by atoms with E-state index in [1.54, 1.807) is 42.5 Å². The van der Waals surface area contributed by atoms with Crippen LogP contribution in [0.3, 0.4) is 0 Å². The fourth-order valence-electron chi connectivity index (χ4n) is 1.67. The largest absolute Gasteiger partial charge is 0.478 e. The van der Waals surface area contributed by atoms with Gasteiger partial charge in [-0.05, 0) is 34.1 Å². The monoisotopic (exact) mass is 346 g/mol. The zero-order valence-corrected chi connectivity index (χ0v) is 12.4. The van der Waals surface area contributed by atoms with Gasteiger partial charge in [0.25, 0.3) is 5.91 Å². The maximum absolute atomic E-state index is 11.9. The van der Waals surface area contributed by atoms with Gasteiger partial charge in [0.15, 0.2) is 0 Å². The van der Waals surface area contributed by atoms with Gasteiger partial charge in [0.1, 0.15) is 0 Å². The number of aromatic carboxylic acids is 1. The lowest BCUT2D eigenvalue weighted by Gasteiger charge is -2.02. The van der Waals surface area contributed by atoms with E-state index in [-0.39, 0.29) is 11.5 Å². The van der Waals surface area contributed by atoms with Crippen LogP contribution in [0.25, 0.3) is 0 Å². The van der Waals surface area contributed by atoms with Crippen molar-refractivity contribution in [3.8, 4) is 0 Å². The highest BCUT2D eigenvalue weighted by Gasteiger charge is 2.09. The Hall–Kier alpha value is -2.47. The highest BCUT2D eigenvalue weighted by molar-refractivity contribution is 9.10. The van der Waals surface area contributed by atoms with Gasteiger partial charge in [-0.2, -0.15) is 5.10 Å². The molecule has 0 radical (unpaired) electrons. The summed E-state index contributed by atoms with van der Waals surface area (Å²) in [6, 6.07) is 13.3. The van der Waals surface area contributed by atoms with Gasteiger partial charge >= 0.3 is 5.97 Å². The predicted molar refractivity (Wildman–Crippen MR) is 82.6 cm³/mol. The van der Waals surface area contributed by atoms with Crippen molar-refractivity contribution >= 4 is 34.0 Å². The summed E-state index contributed by atoms with van der Waals surface area (Å²) in [5.41, 5.74) is 3.34. The minimum atomic E-state index is -1.05. The summed E-state index contributed by atoms with van der Waals surface area (Å²) in [5, 5.41) is 12.8. The number of amides is 1. The molecule has 0 atom stereocenters. The van der Waals surface area contributed by atoms with Crippen molar-refractivity contribution < 1.29 is 14.7 Å². The van der Waals surface area contributed by atoms with Crippen molar-refractivity contribution in [2.45, 2.75) is 0 Å². The number of hydrazone groups is 1. The molecule has 6 heteroatoms. The molecule has 0 saturated carbocycles. The van der Waals surface area contributed by atoms with E-state index in [1.165, 1.54) is 12.3 Å². The van der Waals surface area contributed by atoms with E-state index in [9.17, 15) is 9.59 Å². The maximum Gasteiger partial charge on any atom is 0.336 e. The number of carbonyl (C=O) groups excluding carboxylic acids is 1. The van der Waals surface area contributed by atoms with Crippen LogP contribution in [-0.4, -0.2) is 23.2 Å². The summed E-state index contributed by atoms with van der Waals surface area (Å²) in [5.74, 6) is -1.43. The average molecular weight is 347 g/mol. The van der Waals surface area contributed by atoms with Gasteiger partial charge in [-0.1, -0.05) is 30.3 Å². The normalized spacial score (nSPS) is 10.5. The fraction of sp³-hybridized carbons (Fsp3) is 0. The number of nitrogens with one attached hydrogen (secondary N) is 1. The van der Waals surface area contributed by atoms with Gasteiger partial charge in [0.2, 0.25) is 0 Å². The van der Waals surface area contributed by atoms with Gasteiger partial charge in [-0.25, -0.2) is 10.2 Å². The van der Waals surface area contributed by atoms with Crippen molar-refractivity contribution in [3.05, 3.63) is 69.7 Å². The number of carboxylic acids is 1. The Balaban J connectivity index is 2.12. The molecule has 0 heterocycles. The number of carboxylic acid groups (broad SMARTS) is 1.